The Hall–Kier alpha value is -2.36. The smallest absolute Gasteiger partial charge is 0.262 e. The highest BCUT2D eigenvalue weighted by Gasteiger charge is 2.30. The summed E-state index contributed by atoms with van der Waals surface area (Å²) in [5.74, 6) is -9.46. The first-order valence-corrected chi connectivity index (χ1v) is 9.87. The molecule has 0 amide bonds. The van der Waals surface area contributed by atoms with Crippen LogP contribution in [0.5, 0.6) is 0 Å². The van der Waals surface area contributed by atoms with Gasteiger partial charge in [0.15, 0.2) is 29.1 Å². The zero-order valence-corrected chi connectivity index (χ0v) is 16.2. The predicted molar refractivity (Wildman–Crippen MR) is 98.9 cm³/mol. The summed E-state index contributed by atoms with van der Waals surface area (Å²) in [4.78, 5) is -0.356. The molecule has 0 aromatic heterocycles. The van der Waals surface area contributed by atoms with Gasteiger partial charge in [-0.1, -0.05) is 41.4 Å². The summed E-state index contributed by atoms with van der Waals surface area (Å²) in [6.45, 7) is 0. The standard InChI is InChI=1S/C18H8Cl2F5NO2S/c19-10-6-8(7-11(20)13(10)21)12-14(22)15(23)16(24)17(25)18(12)26-29(27,28)9-4-2-1-3-5-9/h1-7,26H. The number of benzene rings is 3. The van der Waals surface area contributed by atoms with Crippen molar-refractivity contribution in [1.29, 1.82) is 0 Å². The van der Waals surface area contributed by atoms with Crippen LogP contribution in [0.4, 0.5) is 27.6 Å². The molecule has 29 heavy (non-hydrogen) atoms. The Morgan fingerprint density at radius 3 is 1.79 bits per heavy atom. The molecule has 0 saturated carbocycles. The van der Waals surface area contributed by atoms with E-state index in [2.05, 4.69) is 0 Å². The molecule has 3 nitrogen and oxygen atoms in total. The number of nitrogens with one attached hydrogen (secondary N) is 1. The van der Waals surface area contributed by atoms with E-state index in [-0.39, 0.29) is 4.90 Å². The molecular formula is C18H8Cl2F5NO2S. The van der Waals surface area contributed by atoms with Gasteiger partial charge in [-0.2, -0.15) is 0 Å². The molecule has 11 heteroatoms. The van der Waals surface area contributed by atoms with Crippen LogP contribution in [0.3, 0.4) is 0 Å². The molecule has 0 aliphatic heterocycles. The summed E-state index contributed by atoms with van der Waals surface area (Å²) in [5.41, 5.74) is -2.75. The maximum atomic E-state index is 14.5. The average molecular weight is 468 g/mol. The highest BCUT2D eigenvalue weighted by molar-refractivity contribution is 7.92. The first kappa shape index (κ1) is 21.4. The van der Waals surface area contributed by atoms with Crippen LogP contribution in [0.1, 0.15) is 0 Å². The second kappa shape index (κ2) is 7.81. The van der Waals surface area contributed by atoms with Gasteiger partial charge in [-0.15, -0.1) is 0 Å². The van der Waals surface area contributed by atoms with E-state index in [4.69, 9.17) is 23.2 Å². The van der Waals surface area contributed by atoms with Crippen LogP contribution in [0.25, 0.3) is 11.1 Å². The van der Waals surface area contributed by atoms with Gasteiger partial charge < -0.3 is 0 Å². The fourth-order valence-corrected chi connectivity index (χ4v) is 4.07. The van der Waals surface area contributed by atoms with Crippen LogP contribution in [0.15, 0.2) is 47.4 Å². The summed E-state index contributed by atoms with van der Waals surface area (Å²) >= 11 is 11.3. The molecule has 0 aliphatic rings. The topological polar surface area (TPSA) is 46.2 Å². The second-order valence-corrected chi connectivity index (χ2v) is 8.18. The van der Waals surface area contributed by atoms with Crippen LogP contribution in [-0.2, 0) is 10.0 Å². The van der Waals surface area contributed by atoms with Crippen molar-refractivity contribution < 1.29 is 30.4 Å². The van der Waals surface area contributed by atoms with Crippen molar-refractivity contribution in [2.45, 2.75) is 4.90 Å². The van der Waals surface area contributed by atoms with Gasteiger partial charge in [0.2, 0.25) is 0 Å². The lowest BCUT2D eigenvalue weighted by Gasteiger charge is -2.16. The van der Waals surface area contributed by atoms with E-state index in [1.54, 1.807) is 4.72 Å². The summed E-state index contributed by atoms with van der Waals surface area (Å²) in [6, 6.07) is 8.03. The molecule has 0 bridgehead atoms. The molecule has 3 aromatic rings. The van der Waals surface area contributed by atoms with E-state index in [1.807, 2.05) is 0 Å². The Balaban J connectivity index is 2.30. The number of hydrogen-bond donors (Lipinski definition) is 1. The quantitative estimate of drug-likeness (QED) is 0.284. The number of rotatable bonds is 4. The van der Waals surface area contributed by atoms with Crippen LogP contribution in [0.2, 0.25) is 10.0 Å². The molecule has 0 saturated heterocycles. The Kier molecular flexibility index (Phi) is 5.75. The highest BCUT2D eigenvalue weighted by atomic mass is 35.5. The normalized spacial score (nSPS) is 11.6. The van der Waals surface area contributed by atoms with Crippen LogP contribution in [-0.4, -0.2) is 8.42 Å². The van der Waals surface area contributed by atoms with Gasteiger partial charge in [-0.25, -0.2) is 30.4 Å². The van der Waals surface area contributed by atoms with Crippen molar-refractivity contribution in [2.24, 2.45) is 0 Å². The molecule has 1 N–H and O–H groups in total. The Labute approximate surface area is 171 Å². The lowest BCUT2D eigenvalue weighted by atomic mass is 10.0. The fourth-order valence-electron chi connectivity index (χ4n) is 2.49. The summed E-state index contributed by atoms with van der Waals surface area (Å²) in [6.07, 6.45) is 0. The lowest BCUT2D eigenvalue weighted by Crippen LogP contribution is -2.17. The van der Waals surface area contributed by atoms with E-state index in [0.717, 1.165) is 24.3 Å². The van der Waals surface area contributed by atoms with Crippen molar-refractivity contribution in [3.63, 3.8) is 0 Å². The average Bonchev–Trinajstić information content (AvgIpc) is 2.69. The van der Waals surface area contributed by atoms with Gasteiger partial charge in [-0.05, 0) is 29.8 Å². The van der Waals surface area contributed by atoms with Gasteiger partial charge >= 0.3 is 0 Å². The van der Waals surface area contributed by atoms with Crippen molar-refractivity contribution in [1.82, 2.24) is 0 Å². The molecule has 0 aliphatic carbocycles. The summed E-state index contributed by atoms with van der Waals surface area (Å²) < 4.78 is 97.0. The predicted octanol–water partition coefficient (Wildman–Crippen LogP) is 6.16. The lowest BCUT2D eigenvalue weighted by molar-refractivity contribution is 0.413. The van der Waals surface area contributed by atoms with E-state index in [1.165, 1.54) is 18.2 Å². The number of sulfonamides is 1. The summed E-state index contributed by atoms with van der Waals surface area (Å²) in [7, 11) is -4.53. The molecule has 0 radical (unpaired) electrons. The van der Waals surface area contributed by atoms with Crippen LogP contribution in [0, 0.1) is 29.1 Å². The second-order valence-electron chi connectivity index (χ2n) is 5.68. The van der Waals surface area contributed by atoms with Gasteiger partial charge in [-0.3, -0.25) is 4.72 Å². The minimum Gasteiger partial charge on any atom is -0.276 e. The molecule has 3 rings (SSSR count). The zero-order valence-electron chi connectivity index (χ0n) is 13.9. The van der Waals surface area contributed by atoms with Crippen molar-refractivity contribution in [3.05, 3.63) is 81.6 Å². The maximum absolute atomic E-state index is 14.5. The molecular weight excluding hydrogens is 460 g/mol. The molecule has 0 spiro atoms. The number of anilines is 1. The Morgan fingerprint density at radius 1 is 0.724 bits per heavy atom. The van der Waals surface area contributed by atoms with Crippen LogP contribution < -0.4 is 4.72 Å². The zero-order chi connectivity index (χ0) is 21.5. The first-order valence-electron chi connectivity index (χ1n) is 7.63. The van der Waals surface area contributed by atoms with Crippen LogP contribution >= 0.6 is 23.2 Å². The number of hydrogen-bond acceptors (Lipinski definition) is 2. The molecule has 0 atom stereocenters. The van der Waals surface area contributed by atoms with Gasteiger partial charge in [0.25, 0.3) is 10.0 Å². The third-order valence-corrected chi connectivity index (χ3v) is 5.75. The van der Waals surface area contributed by atoms with Crippen molar-refractivity contribution in [2.75, 3.05) is 4.72 Å². The first-order chi connectivity index (χ1) is 13.5. The van der Waals surface area contributed by atoms with E-state index in [0.29, 0.717) is 0 Å². The summed E-state index contributed by atoms with van der Waals surface area (Å²) in [5, 5.41) is -1.26. The third-order valence-electron chi connectivity index (χ3n) is 3.83. The number of halogens is 7. The van der Waals surface area contributed by atoms with Crippen molar-refractivity contribution in [3.8, 4) is 11.1 Å². The SMILES string of the molecule is O=S(=O)(Nc1c(F)c(F)c(F)c(F)c1-c1cc(Cl)c(F)c(Cl)c1)c1ccccc1. The van der Waals surface area contributed by atoms with Gasteiger partial charge in [0, 0.05) is 5.56 Å². The van der Waals surface area contributed by atoms with E-state index >= 15 is 0 Å². The molecule has 152 valence electrons. The molecule has 0 fully saturated rings. The Bertz CT molecular complexity index is 1200. The maximum Gasteiger partial charge on any atom is 0.262 e. The molecule has 3 aromatic carbocycles. The Morgan fingerprint density at radius 2 is 1.24 bits per heavy atom. The fraction of sp³-hybridized carbons (Fsp3) is 0. The van der Waals surface area contributed by atoms with Gasteiger partial charge in [0.05, 0.1) is 20.6 Å². The van der Waals surface area contributed by atoms with E-state index < -0.39 is 66.0 Å². The molecule has 0 heterocycles. The minimum absolute atomic E-state index is 0.356. The van der Waals surface area contributed by atoms with Gasteiger partial charge in [0.1, 0.15) is 0 Å². The highest BCUT2D eigenvalue weighted by Crippen LogP contribution is 2.40. The van der Waals surface area contributed by atoms with Crippen molar-refractivity contribution >= 4 is 38.9 Å². The van der Waals surface area contributed by atoms with E-state index in [9.17, 15) is 30.4 Å². The largest absolute Gasteiger partial charge is 0.276 e. The third kappa shape index (κ3) is 3.90. The monoisotopic (exact) mass is 467 g/mol. The minimum atomic E-state index is -4.53. The molecule has 0 unspecified atom stereocenters.